The summed E-state index contributed by atoms with van der Waals surface area (Å²) in [5, 5.41) is 0. The SMILES string of the molecule is O=C(C1CCN(S(=O)(=O)c2ccccc2)CC1)N1C[C@H]2C[C@H](C1)c1cccc(=O)n1C2. The molecule has 0 radical (unpaired) electrons. The van der Waals surface area contributed by atoms with Crippen LogP contribution in [0.25, 0.3) is 0 Å². The third-order valence-electron chi connectivity index (χ3n) is 6.98. The number of carbonyl (C=O) groups excluding carboxylic acids is 1. The van der Waals surface area contributed by atoms with E-state index in [0.717, 1.165) is 12.1 Å². The average molecular weight is 442 g/mol. The molecule has 1 amide bonds. The van der Waals surface area contributed by atoms with Gasteiger partial charge in [-0.2, -0.15) is 4.31 Å². The quantitative estimate of drug-likeness (QED) is 0.729. The van der Waals surface area contributed by atoms with E-state index in [9.17, 15) is 18.0 Å². The molecule has 7 nitrogen and oxygen atoms in total. The summed E-state index contributed by atoms with van der Waals surface area (Å²) in [6, 6.07) is 13.9. The van der Waals surface area contributed by atoms with E-state index in [1.165, 1.54) is 4.31 Å². The maximum absolute atomic E-state index is 13.3. The molecule has 31 heavy (non-hydrogen) atoms. The minimum Gasteiger partial charge on any atom is -0.341 e. The highest BCUT2D eigenvalue weighted by Gasteiger charge is 2.39. The molecule has 2 aromatic rings. The Bertz CT molecular complexity index is 1140. The van der Waals surface area contributed by atoms with Gasteiger partial charge in [0.05, 0.1) is 4.90 Å². The highest BCUT2D eigenvalue weighted by atomic mass is 32.2. The van der Waals surface area contributed by atoms with Gasteiger partial charge in [-0.25, -0.2) is 8.42 Å². The van der Waals surface area contributed by atoms with Gasteiger partial charge in [0, 0.05) is 56.3 Å². The molecule has 3 aliphatic rings. The molecule has 1 aromatic carbocycles. The van der Waals surface area contributed by atoms with E-state index in [-0.39, 0.29) is 23.3 Å². The number of amides is 1. The molecule has 3 aliphatic heterocycles. The second-order valence-electron chi connectivity index (χ2n) is 8.93. The Morgan fingerprint density at radius 2 is 1.65 bits per heavy atom. The van der Waals surface area contributed by atoms with E-state index >= 15 is 0 Å². The summed E-state index contributed by atoms with van der Waals surface area (Å²) in [4.78, 5) is 27.7. The van der Waals surface area contributed by atoms with E-state index in [0.29, 0.717) is 56.4 Å². The highest BCUT2D eigenvalue weighted by Crippen LogP contribution is 2.36. The van der Waals surface area contributed by atoms with E-state index in [4.69, 9.17) is 0 Å². The van der Waals surface area contributed by atoms with Gasteiger partial charge < -0.3 is 9.47 Å². The number of aromatic nitrogens is 1. The Morgan fingerprint density at radius 1 is 0.903 bits per heavy atom. The van der Waals surface area contributed by atoms with E-state index in [2.05, 4.69) is 0 Å². The van der Waals surface area contributed by atoms with Gasteiger partial charge in [0.1, 0.15) is 0 Å². The second-order valence-corrected chi connectivity index (χ2v) is 10.9. The molecule has 5 rings (SSSR count). The fraction of sp³-hybridized carbons (Fsp3) is 0.478. The second kappa shape index (κ2) is 7.91. The number of hydrogen-bond acceptors (Lipinski definition) is 4. The van der Waals surface area contributed by atoms with Crippen LogP contribution in [0.4, 0.5) is 0 Å². The summed E-state index contributed by atoms with van der Waals surface area (Å²) in [5.74, 6) is 0.495. The smallest absolute Gasteiger partial charge is 0.250 e. The lowest BCUT2D eigenvalue weighted by Crippen LogP contribution is -2.52. The molecular weight excluding hydrogens is 414 g/mol. The fourth-order valence-electron chi connectivity index (χ4n) is 5.42. The molecule has 8 heteroatoms. The standard InChI is InChI=1S/C23H27N3O4S/c27-22-8-4-7-21-19-13-17(15-26(21)22)14-24(16-19)23(28)18-9-11-25(12-10-18)31(29,30)20-5-2-1-3-6-20/h1-8,17-19H,9-16H2/t17-,19-/m1/s1. The summed E-state index contributed by atoms with van der Waals surface area (Å²) < 4.78 is 29.1. The lowest BCUT2D eigenvalue weighted by molar-refractivity contribution is -0.139. The Morgan fingerprint density at radius 3 is 2.39 bits per heavy atom. The molecular formula is C23H27N3O4S. The lowest BCUT2D eigenvalue weighted by atomic mass is 9.82. The highest BCUT2D eigenvalue weighted by molar-refractivity contribution is 7.89. The maximum Gasteiger partial charge on any atom is 0.250 e. The average Bonchev–Trinajstić information content (AvgIpc) is 2.80. The Balaban J connectivity index is 1.25. The summed E-state index contributed by atoms with van der Waals surface area (Å²) in [6.07, 6.45) is 2.11. The minimum atomic E-state index is -3.51. The molecule has 0 spiro atoms. The Kier molecular flexibility index (Phi) is 5.22. The maximum atomic E-state index is 13.3. The number of sulfonamides is 1. The molecule has 0 N–H and O–H groups in total. The minimum absolute atomic E-state index is 0.0407. The molecule has 0 saturated carbocycles. The number of nitrogens with zero attached hydrogens (tertiary/aromatic N) is 3. The van der Waals surface area contributed by atoms with Crippen LogP contribution in [0.3, 0.4) is 0 Å². The largest absolute Gasteiger partial charge is 0.341 e. The van der Waals surface area contributed by atoms with Crippen molar-refractivity contribution in [2.24, 2.45) is 11.8 Å². The molecule has 0 aliphatic carbocycles. The fourth-order valence-corrected chi connectivity index (χ4v) is 6.91. The number of likely N-dealkylation sites (tertiary alicyclic amines) is 1. The number of rotatable bonds is 3. The Hall–Kier alpha value is -2.45. The van der Waals surface area contributed by atoms with Crippen molar-refractivity contribution in [2.75, 3.05) is 26.2 Å². The number of pyridine rings is 1. The summed E-state index contributed by atoms with van der Waals surface area (Å²) in [6.45, 7) is 2.72. The summed E-state index contributed by atoms with van der Waals surface area (Å²) in [5.41, 5.74) is 1.07. The zero-order valence-electron chi connectivity index (χ0n) is 17.4. The molecule has 4 heterocycles. The van der Waals surface area contributed by atoms with Gasteiger partial charge in [-0.1, -0.05) is 24.3 Å². The topological polar surface area (TPSA) is 79.7 Å². The molecule has 0 unspecified atom stereocenters. The van der Waals surface area contributed by atoms with E-state index in [1.807, 2.05) is 15.5 Å². The third-order valence-corrected chi connectivity index (χ3v) is 8.89. The van der Waals surface area contributed by atoms with Crippen LogP contribution in [-0.4, -0.2) is 54.3 Å². The Labute approximate surface area is 182 Å². The van der Waals surface area contributed by atoms with Crippen LogP contribution in [0.2, 0.25) is 0 Å². The van der Waals surface area contributed by atoms with Crippen LogP contribution in [0, 0.1) is 11.8 Å². The van der Waals surface area contributed by atoms with Gasteiger partial charge in [-0.3, -0.25) is 9.59 Å². The predicted octanol–water partition coefficient (Wildman–Crippen LogP) is 1.89. The van der Waals surface area contributed by atoms with Gasteiger partial charge in [0.25, 0.3) is 5.56 Å². The van der Waals surface area contributed by atoms with Crippen LogP contribution in [-0.2, 0) is 21.4 Å². The molecule has 164 valence electrons. The first kappa shape index (κ1) is 20.5. The molecule has 2 bridgehead atoms. The zero-order valence-corrected chi connectivity index (χ0v) is 18.2. The third kappa shape index (κ3) is 3.72. The molecule has 2 saturated heterocycles. The number of piperidine rings is 2. The number of carbonyl (C=O) groups is 1. The lowest BCUT2D eigenvalue weighted by Gasteiger charge is -2.44. The van der Waals surface area contributed by atoms with Crippen molar-refractivity contribution in [3.8, 4) is 0 Å². The number of benzene rings is 1. The normalized spacial score (nSPS) is 24.6. The van der Waals surface area contributed by atoms with Crippen LogP contribution >= 0.6 is 0 Å². The first-order valence-electron chi connectivity index (χ1n) is 11.0. The van der Waals surface area contributed by atoms with Crippen molar-refractivity contribution < 1.29 is 13.2 Å². The number of hydrogen-bond donors (Lipinski definition) is 0. The first-order valence-corrected chi connectivity index (χ1v) is 12.4. The number of fused-ring (bicyclic) bond motifs is 4. The zero-order chi connectivity index (χ0) is 21.6. The van der Waals surface area contributed by atoms with Gasteiger partial charge in [0.15, 0.2) is 0 Å². The van der Waals surface area contributed by atoms with Gasteiger partial charge >= 0.3 is 0 Å². The van der Waals surface area contributed by atoms with Crippen LogP contribution in [0.1, 0.15) is 30.9 Å². The summed E-state index contributed by atoms with van der Waals surface area (Å²) in [7, 11) is -3.51. The van der Waals surface area contributed by atoms with Crippen LogP contribution in [0.15, 0.2) is 58.2 Å². The summed E-state index contributed by atoms with van der Waals surface area (Å²) >= 11 is 0. The van der Waals surface area contributed by atoms with E-state index < -0.39 is 10.0 Å². The van der Waals surface area contributed by atoms with Crippen LogP contribution < -0.4 is 5.56 Å². The van der Waals surface area contributed by atoms with Gasteiger partial charge in [-0.05, 0) is 43.4 Å². The van der Waals surface area contributed by atoms with E-state index in [1.54, 1.807) is 42.5 Å². The molecule has 2 atom stereocenters. The monoisotopic (exact) mass is 441 g/mol. The van der Waals surface area contributed by atoms with Crippen molar-refractivity contribution in [2.45, 2.75) is 36.6 Å². The van der Waals surface area contributed by atoms with Gasteiger partial charge in [0.2, 0.25) is 15.9 Å². The van der Waals surface area contributed by atoms with Crippen molar-refractivity contribution in [3.63, 3.8) is 0 Å². The van der Waals surface area contributed by atoms with Crippen molar-refractivity contribution in [3.05, 3.63) is 64.6 Å². The van der Waals surface area contributed by atoms with Crippen molar-refractivity contribution in [1.82, 2.24) is 13.8 Å². The van der Waals surface area contributed by atoms with Crippen LogP contribution in [0.5, 0.6) is 0 Å². The molecule has 1 aromatic heterocycles. The predicted molar refractivity (Wildman–Crippen MR) is 116 cm³/mol. The molecule has 2 fully saturated rings. The van der Waals surface area contributed by atoms with Crippen molar-refractivity contribution >= 4 is 15.9 Å². The van der Waals surface area contributed by atoms with Gasteiger partial charge in [-0.15, -0.1) is 0 Å². The van der Waals surface area contributed by atoms with Crippen molar-refractivity contribution in [1.29, 1.82) is 0 Å². The first-order chi connectivity index (χ1) is 14.9.